The smallest absolute Gasteiger partial charge is 0.458 e. The van der Waals surface area contributed by atoms with Gasteiger partial charge in [-0.2, -0.15) is 22.0 Å². The summed E-state index contributed by atoms with van der Waals surface area (Å²) in [6.07, 6.45) is 2.37. The van der Waals surface area contributed by atoms with Crippen molar-refractivity contribution in [1.29, 1.82) is 0 Å². The Labute approximate surface area is 257 Å². The molecule has 4 aromatic rings. The van der Waals surface area contributed by atoms with Gasteiger partial charge in [0.2, 0.25) is 0 Å². The summed E-state index contributed by atoms with van der Waals surface area (Å²) in [6, 6.07) is 15.8. The second kappa shape index (κ2) is 13.6. The Kier molecular flexibility index (Phi) is 9.62. The van der Waals surface area contributed by atoms with Crippen LogP contribution in [0.3, 0.4) is 0 Å². The third-order valence-electron chi connectivity index (χ3n) is 7.70. The van der Waals surface area contributed by atoms with Gasteiger partial charge in [-0.3, -0.25) is 14.7 Å². The Morgan fingerprint density at radius 3 is 2.27 bits per heavy atom. The maximum atomic E-state index is 14.2. The molecule has 0 saturated carbocycles. The maximum Gasteiger partial charge on any atom is 0.458 e. The number of nitrogens with two attached hydrogens (primary N) is 1. The molecule has 12 heteroatoms. The van der Waals surface area contributed by atoms with Crippen LogP contribution in [0.4, 0.5) is 33.5 Å². The molecule has 7 nitrogen and oxygen atoms in total. The van der Waals surface area contributed by atoms with Crippen molar-refractivity contribution in [1.82, 2.24) is 14.9 Å². The molecule has 1 fully saturated rings. The van der Waals surface area contributed by atoms with Crippen LogP contribution in [-0.4, -0.2) is 53.2 Å². The van der Waals surface area contributed by atoms with Gasteiger partial charge >= 0.3 is 12.1 Å². The number of carbonyl (C=O) groups is 1. The quantitative estimate of drug-likeness (QED) is 0.179. The number of ether oxygens (including phenoxy) is 1. The van der Waals surface area contributed by atoms with E-state index < -0.39 is 23.6 Å². The predicted octanol–water partition coefficient (Wildman–Crippen LogP) is 7.10. The summed E-state index contributed by atoms with van der Waals surface area (Å²) in [6.45, 7) is 3.09. The molecule has 1 aliphatic heterocycles. The Morgan fingerprint density at radius 2 is 1.60 bits per heavy atom. The molecule has 0 spiro atoms. The van der Waals surface area contributed by atoms with Crippen LogP contribution in [-0.2, 0) is 12.5 Å². The van der Waals surface area contributed by atoms with Gasteiger partial charge in [-0.25, -0.2) is 4.98 Å². The number of amides is 1. The molecule has 1 amide bonds. The maximum absolute atomic E-state index is 14.2. The number of pyridine rings is 2. The number of benzene rings is 2. The summed E-state index contributed by atoms with van der Waals surface area (Å²) in [5.74, 6) is -5.13. The fourth-order valence-corrected chi connectivity index (χ4v) is 5.38. The van der Waals surface area contributed by atoms with Crippen LogP contribution in [0.25, 0.3) is 11.1 Å². The lowest BCUT2D eigenvalue weighted by Crippen LogP contribution is -2.33. The Balaban J connectivity index is 1.63. The number of rotatable bonds is 11. The Morgan fingerprint density at radius 1 is 0.889 bits per heavy atom. The number of aromatic nitrogens is 2. The van der Waals surface area contributed by atoms with Crippen LogP contribution in [0, 0.1) is 0 Å². The lowest BCUT2D eigenvalue weighted by molar-refractivity contribution is -0.289. The molecule has 2 aromatic carbocycles. The summed E-state index contributed by atoms with van der Waals surface area (Å²) in [5, 5.41) is 0. The van der Waals surface area contributed by atoms with Crippen molar-refractivity contribution in [3.63, 3.8) is 0 Å². The minimum atomic E-state index is -5.75. The highest BCUT2D eigenvalue weighted by Gasteiger charge is 2.58. The van der Waals surface area contributed by atoms with Gasteiger partial charge in [-0.15, -0.1) is 0 Å². The third-order valence-corrected chi connectivity index (χ3v) is 7.70. The van der Waals surface area contributed by atoms with E-state index in [-0.39, 0.29) is 17.9 Å². The molecule has 0 unspecified atom stereocenters. The minimum absolute atomic E-state index is 0.133. The number of nitrogens with zero attached hydrogens (tertiary/aromatic N) is 4. The van der Waals surface area contributed by atoms with Crippen LogP contribution >= 0.6 is 0 Å². The zero-order valence-corrected chi connectivity index (χ0v) is 24.3. The number of anilines is 2. The van der Waals surface area contributed by atoms with E-state index >= 15 is 0 Å². The fraction of sp³-hybridized carbons (Fsp3) is 0.303. The fourth-order valence-electron chi connectivity index (χ4n) is 5.38. The molecule has 45 heavy (non-hydrogen) atoms. The SMILES string of the molecule is NC(=O)c1cccnc1N(Cc1ccncc1)c1cccc(OCCN2CCCCC2)c1-c1ccc(C(F)(F)C(F)(F)F)cc1. The molecule has 0 radical (unpaired) electrons. The number of piperidine rings is 1. The van der Waals surface area contributed by atoms with Gasteiger partial charge < -0.3 is 15.4 Å². The van der Waals surface area contributed by atoms with Crippen molar-refractivity contribution in [2.45, 2.75) is 37.9 Å². The normalized spacial score (nSPS) is 14.2. The van der Waals surface area contributed by atoms with Gasteiger partial charge in [0, 0.05) is 42.8 Å². The highest BCUT2D eigenvalue weighted by Crippen LogP contribution is 2.46. The lowest BCUT2D eigenvalue weighted by atomic mass is 9.97. The van der Waals surface area contributed by atoms with Gasteiger partial charge in [-0.05, 0) is 73.5 Å². The highest BCUT2D eigenvalue weighted by molar-refractivity contribution is 5.99. The topological polar surface area (TPSA) is 84.6 Å². The molecule has 2 aromatic heterocycles. The first-order chi connectivity index (χ1) is 21.6. The standard InChI is InChI=1S/C33H32F5N5O2/c34-32(35,33(36,37)38)25-11-9-24(10-12-25)29-27(7-4-8-28(29)45-21-20-42-18-2-1-3-19-42)43(22-23-13-16-40-17-14-23)31-26(30(39)44)6-5-15-41-31/h4-17H,1-3,18-22H2,(H2,39,44). The first-order valence-electron chi connectivity index (χ1n) is 14.5. The van der Waals surface area contributed by atoms with Gasteiger partial charge in [0.25, 0.3) is 5.91 Å². The number of alkyl halides is 5. The van der Waals surface area contributed by atoms with Crippen LogP contribution in [0.15, 0.2) is 85.3 Å². The molecule has 2 N–H and O–H groups in total. The van der Waals surface area contributed by atoms with Crippen molar-refractivity contribution in [2.24, 2.45) is 5.73 Å². The molecule has 5 rings (SSSR count). The van der Waals surface area contributed by atoms with E-state index in [0.717, 1.165) is 43.6 Å². The Hall–Kier alpha value is -4.58. The van der Waals surface area contributed by atoms with E-state index in [0.29, 0.717) is 35.7 Å². The van der Waals surface area contributed by atoms with E-state index in [2.05, 4.69) is 14.9 Å². The van der Waals surface area contributed by atoms with Crippen LogP contribution < -0.4 is 15.4 Å². The van der Waals surface area contributed by atoms with Crippen LogP contribution in [0.1, 0.15) is 40.7 Å². The van der Waals surface area contributed by atoms with E-state index in [1.165, 1.54) is 30.8 Å². The monoisotopic (exact) mass is 625 g/mol. The third kappa shape index (κ3) is 7.22. The van der Waals surface area contributed by atoms with Gasteiger partial charge in [-0.1, -0.05) is 36.8 Å². The number of hydrogen-bond donors (Lipinski definition) is 1. The van der Waals surface area contributed by atoms with Crippen LogP contribution in [0.5, 0.6) is 5.75 Å². The lowest BCUT2D eigenvalue weighted by Gasteiger charge is -2.30. The molecule has 0 atom stereocenters. The number of likely N-dealkylation sites (tertiary alicyclic amines) is 1. The molecular formula is C33H32F5N5O2. The number of carbonyl (C=O) groups excluding carboxylic acids is 1. The average Bonchev–Trinajstić information content (AvgIpc) is 3.04. The predicted molar refractivity (Wildman–Crippen MR) is 160 cm³/mol. The van der Waals surface area contributed by atoms with E-state index in [4.69, 9.17) is 10.5 Å². The van der Waals surface area contributed by atoms with Gasteiger partial charge in [0.15, 0.2) is 0 Å². The second-order valence-electron chi connectivity index (χ2n) is 10.7. The minimum Gasteiger partial charge on any atom is -0.492 e. The molecule has 0 aliphatic carbocycles. The molecule has 3 heterocycles. The van der Waals surface area contributed by atoms with Crippen molar-refractivity contribution in [3.05, 3.63) is 102 Å². The summed E-state index contributed by atoms with van der Waals surface area (Å²) >= 11 is 0. The highest BCUT2D eigenvalue weighted by atomic mass is 19.4. The number of hydrogen-bond acceptors (Lipinski definition) is 6. The second-order valence-corrected chi connectivity index (χ2v) is 10.7. The van der Waals surface area contributed by atoms with Crippen molar-refractivity contribution >= 4 is 17.4 Å². The van der Waals surface area contributed by atoms with Gasteiger partial charge in [0.05, 0.1) is 11.3 Å². The molecule has 1 saturated heterocycles. The summed E-state index contributed by atoms with van der Waals surface area (Å²) in [7, 11) is 0. The molecular weight excluding hydrogens is 593 g/mol. The largest absolute Gasteiger partial charge is 0.492 e. The van der Waals surface area contributed by atoms with Gasteiger partial charge in [0.1, 0.15) is 18.2 Å². The van der Waals surface area contributed by atoms with Crippen LogP contribution in [0.2, 0.25) is 0 Å². The average molecular weight is 626 g/mol. The molecule has 0 bridgehead atoms. The molecule has 1 aliphatic rings. The zero-order valence-electron chi connectivity index (χ0n) is 24.3. The van der Waals surface area contributed by atoms with E-state index in [9.17, 15) is 26.7 Å². The summed E-state index contributed by atoms with van der Waals surface area (Å²) in [5.41, 5.74) is 6.70. The first kappa shape index (κ1) is 31.8. The summed E-state index contributed by atoms with van der Waals surface area (Å²) < 4.78 is 74.1. The van der Waals surface area contributed by atoms with Crippen molar-refractivity contribution < 1.29 is 31.5 Å². The van der Waals surface area contributed by atoms with Crippen molar-refractivity contribution in [2.75, 3.05) is 31.1 Å². The number of primary amides is 1. The molecule has 236 valence electrons. The van der Waals surface area contributed by atoms with E-state index in [1.54, 1.807) is 53.7 Å². The summed E-state index contributed by atoms with van der Waals surface area (Å²) in [4.78, 5) is 25.1. The van der Waals surface area contributed by atoms with Crippen molar-refractivity contribution in [3.8, 4) is 16.9 Å². The number of halogens is 5. The first-order valence-corrected chi connectivity index (χ1v) is 14.5. The van der Waals surface area contributed by atoms with E-state index in [1.807, 2.05) is 0 Å². The Bertz CT molecular complexity index is 1590. The zero-order chi connectivity index (χ0) is 32.0.